The lowest BCUT2D eigenvalue weighted by Gasteiger charge is -2.12. The molecule has 2 aromatic carbocycles. The van der Waals surface area contributed by atoms with Gasteiger partial charge in [-0.2, -0.15) is 23.3 Å². The number of nitrogens with zero attached hydrogens (tertiary/aromatic N) is 4. The summed E-state index contributed by atoms with van der Waals surface area (Å²) >= 11 is 0. The van der Waals surface area contributed by atoms with Gasteiger partial charge in [0.15, 0.2) is 11.5 Å². The summed E-state index contributed by atoms with van der Waals surface area (Å²) in [4.78, 5) is 21.7. The fourth-order valence-corrected chi connectivity index (χ4v) is 3.69. The predicted octanol–water partition coefficient (Wildman–Crippen LogP) is 4.84. The number of carbonyl (C=O) groups is 1. The first-order valence-electron chi connectivity index (χ1n) is 11.7. The molecule has 0 saturated carbocycles. The number of unbranched alkanes of at least 4 members (excludes halogenated alkanes) is 1. The van der Waals surface area contributed by atoms with Crippen LogP contribution in [-0.4, -0.2) is 38.7 Å². The summed E-state index contributed by atoms with van der Waals surface area (Å²) < 4.78 is 40.6. The number of nitrogens with one attached hydrogen (secondary N) is 3. The largest absolute Gasteiger partial charge is 0.416 e. The Hall–Kier alpha value is -4.19. The van der Waals surface area contributed by atoms with E-state index >= 15 is 0 Å². The molecule has 0 saturated heterocycles. The molecule has 194 valence electrons. The molecule has 12 heteroatoms. The molecular weight excluding hydrogens is 485 g/mol. The predicted molar refractivity (Wildman–Crippen MR) is 137 cm³/mol. The Balaban J connectivity index is 1.53. The summed E-state index contributed by atoms with van der Waals surface area (Å²) in [5.74, 6) is 0.455. The van der Waals surface area contributed by atoms with Gasteiger partial charge in [0.1, 0.15) is 0 Å². The maximum Gasteiger partial charge on any atom is 0.416 e. The van der Waals surface area contributed by atoms with Gasteiger partial charge < -0.3 is 21.7 Å². The van der Waals surface area contributed by atoms with Crippen LogP contribution in [0, 0.1) is 6.92 Å². The zero-order valence-electron chi connectivity index (χ0n) is 20.4. The monoisotopic (exact) mass is 512 g/mol. The topological polar surface area (TPSA) is 123 Å². The number of amides is 1. The van der Waals surface area contributed by atoms with E-state index in [9.17, 15) is 18.0 Å². The molecule has 0 aliphatic carbocycles. The number of aromatic nitrogens is 4. The van der Waals surface area contributed by atoms with Crippen LogP contribution in [0.2, 0.25) is 0 Å². The van der Waals surface area contributed by atoms with Crippen LogP contribution in [0.25, 0.3) is 11.0 Å². The molecule has 0 aliphatic rings. The van der Waals surface area contributed by atoms with E-state index in [2.05, 4.69) is 31.0 Å². The Morgan fingerprint density at radius 1 is 1.14 bits per heavy atom. The van der Waals surface area contributed by atoms with Gasteiger partial charge >= 0.3 is 6.18 Å². The van der Waals surface area contributed by atoms with Gasteiger partial charge in [-0.3, -0.25) is 4.79 Å². The highest BCUT2D eigenvalue weighted by Crippen LogP contribution is 2.31. The van der Waals surface area contributed by atoms with Crippen LogP contribution in [0.4, 0.5) is 36.3 Å². The lowest BCUT2D eigenvalue weighted by molar-refractivity contribution is -0.137. The second-order valence-electron chi connectivity index (χ2n) is 8.51. The first-order chi connectivity index (χ1) is 17.7. The van der Waals surface area contributed by atoms with Gasteiger partial charge in [0, 0.05) is 36.7 Å². The summed E-state index contributed by atoms with van der Waals surface area (Å²) in [5.41, 5.74) is 7.08. The summed E-state index contributed by atoms with van der Waals surface area (Å²) in [6, 6.07) is 9.46. The van der Waals surface area contributed by atoms with E-state index in [1.807, 2.05) is 6.92 Å². The Kier molecular flexibility index (Phi) is 7.58. The Morgan fingerprint density at radius 2 is 1.95 bits per heavy atom. The zero-order chi connectivity index (χ0) is 26.6. The number of aryl methyl sites for hydroxylation is 2. The highest BCUT2D eigenvalue weighted by atomic mass is 19.4. The number of hydrogen-bond acceptors (Lipinski definition) is 7. The summed E-state index contributed by atoms with van der Waals surface area (Å²) in [6.07, 6.45) is -1.01. The number of alkyl halides is 3. The van der Waals surface area contributed by atoms with Gasteiger partial charge in [-0.25, -0.2) is 9.67 Å². The third kappa shape index (κ3) is 6.15. The van der Waals surface area contributed by atoms with Gasteiger partial charge in [0.2, 0.25) is 5.95 Å². The molecule has 0 bridgehead atoms. The number of nitrogens with two attached hydrogens (primary N) is 1. The van der Waals surface area contributed by atoms with Gasteiger partial charge in [-0.1, -0.05) is 12.1 Å². The molecule has 0 unspecified atom stereocenters. The molecule has 5 N–H and O–H groups in total. The highest BCUT2D eigenvalue weighted by Gasteiger charge is 2.30. The van der Waals surface area contributed by atoms with Crippen molar-refractivity contribution >= 4 is 40.1 Å². The minimum Gasteiger partial charge on any atom is -0.354 e. The number of fused-ring (bicyclic) bond motifs is 1. The molecule has 1 amide bonds. The van der Waals surface area contributed by atoms with Crippen molar-refractivity contribution in [3.63, 3.8) is 0 Å². The molecule has 4 aromatic rings. The number of halogens is 3. The van der Waals surface area contributed by atoms with Crippen LogP contribution in [0.3, 0.4) is 0 Å². The van der Waals surface area contributed by atoms with E-state index in [1.165, 1.54) is 12.1 Å². The summed E-state index contributed by atoms with van der Waals surface area (Å²) in [5, 5.41) is 14.1. The molecular formula is C25H27F3N8O. The third-order valence-electron chi connectivity index (χ3n) is 5.69. The number of carbonyl (C=O) groups excluding carboxylic acids is 1. The van der Waals surface area contributed by atoms with Crippen molar-refractivity contribution in [1.29, 1.82) is 0 Å². The quantitative estimate of drug-likeness (QED) is 0.237. The van der Waals surface area contributed by atoms with Crippen molar-refractivity contribution in [2.45, 2.75) is 25.9 Å². The van der Waals surface area contributed by atoms with Crippen molar-refractivity contribution in [2.75, 3.05) is 29.0 Å². The third-order valence-corrected chi connectivity index (χ3v) is 5.69. The Bertz CT molecular complexity index is 1420. The van der Waals surface area contributed by atoms with Crippen molar-refractivity contribution < 1.29 is 18.0 Å². The number of anilines is 4. The van der Waals surface area contributed by atoms with Crippen molar-refractivity contribution in [3.8, 4) is 0 Å². The number of rotatable bonds is 9. The number of hydrogen-bond donors (Lipinski definition) is 4. The minimum absolute atomic E-state index is 0.0511. The van der Waals surface area contributed by atoms with Crippen LogP contribution in [0.15, 0.2) is 48.7 Å². The first kappa shape index (κ1) is 25.9. The van der Waals surface area contributed by atoms with Gasteiger partial charge in [0.05, 0.1) is 10.9 Å². The lowest BCUT2D eigenvalue weighted by atomic mass is 10.1. The molecule has 0 fully saturated rings. The minimum atomic E-state index is -4.50. The normalized spacial score (nSPS) is 11.5. The fraction of sp³-hybridized carbons (Fsp3) is 0.280. The zero-order valence-corrected chi connectivity index (χ0v) is 20.4. The number of benzene rings is 2. The first-order valence-corrected chi connectivity index (χ1v) is 11.7. The molecule has 0 aliphatic heterocycles. The van der Waals surface area contributed by atoms with Gasteiger partial charge in [0.25, 0.3) is 5.91 Å². The van der Waals surface area contributed by atoms with Crippen LogP contribution < -0.4 is 21.7 Å². The SMILES string of the molecule is Cc1ccc(C(=O)Nc2cccc(C(F)(F)F)c2)cc1Nc1nn(C)c2nc(NCCCCN)ncc12. The fourth-order valence-electron chi connectivity index (χ4n) is 3.69. The van der Waals surface area contributed by atoms with E-state index in [-0.39, 0.29) is 11.3 Å². The average Bonchev–Trinajstić information content (AvgIpc) is 3.17. The maximum absolute atomic E-state index is 13.0. The van der Waals surface area contributed by atoms with E-state index in [4.69, 9.17) is 5.73 Å². The standard InChI is InChI=1S/C25H27F3N8O/c1-15-8-9-16(23(37)32-18-7-5-6-17(13-18)25(26,27)28)12-20(15)33-21-19-14-31-24(30-11-4-3-10-29)34-22(19)36(2)35-21/h5-9,12-14H,3-4,10-11,29H2,1-2H3,(H,32,37)(H,33,35)(H,30,31,34). The molecule has 37 heavy (non-hydrogen) atoms. The second-order valence-corrected chi connectivity index (χ2v) is 8.51. The highest BCUT2D eigenvalue weighted by molar-refractivity contribution is 6.05. The van der Waals surface area contributed by atoms with Gasteiger partial charge in [-0.15, -0.1) is 0 Å². The second kappa shape index (κ2) is 10.8. The van der Waals surface area contributed by atoms with Crippen LogP contribution in [0.1, 0.15) is 34.3 Å². The maximum atomic E-state index is 13.0. The van der Waals surface area contributed by atoms with Crippen molar-refractivity contribution in [2.24, 2.45) is 12.8 Å². The van der Waals surface area contributed by atoms with Crippen LogP contribution in [0.5, 0.6) is 0 Å². The molecule has 0 spiro atoms. The molecule has 0 radical (unpaired) electrons. The smallest absolute Gasteiger partial charge is 0.354 e. The Morgan fingerprint density at radius 3 is 2.70 bits per heavy atom. The average molecular weight is 513 g/mol. The van der Waals surface area contributed by atoms with Crippen molar-refractivity contribution in [1.82, 2.24) is 19.7 Å². The van der Waals surface area contributed by atoms with E-state index < -0.39 is 17.6 Å². The van der Waals surface area contributed by atoms with Gasteiger partial charge in [-0.05, 0) is 62.2 Å². The van der Waals surface area contributed by atoms with Crippen molar-refractivity contribution in [3.05, 3.63) is 65.4 Å². The van der Waals surface area contributed by atoms with E-state index in [0.29, 0.717) is 41.6 Å². The lowest BCUT2D eigenvalue weighted by Crippen LogP contribution is -2.13. The molecule has 9 nitrogen and oxygen atoms in total. The summed E-state index contributed by atoms with van der Waals surface area (Å²) in [7, 11) is 1.77. The molecule has 2 heterocycles. The molecule has 0 atom stereocenters. The van der Waals surface area contributed by atoms with E-state index in [1.54, 1.807) is 36.1 Å². The molecule has 2 aromatic heterocycles. The van der Waals surface area contributed by atoms with E-state index in [0.717, 1.165) is 30.5 Å². The summed E-state index contributed by atoms with van der Waals surface area (Å²) in [6.45, 7) is 3.20. The Labute approximate surface area is 211 Å². The molecule has 4 rings (SSSR count). The van der Waals surface area contributed by atoms with Crippen LogP contribution >= 0.6 is 0 Å². The van der Waals surface area contributed by atoms with Crippen LogP contribution in [-0.2, 0) is 13.2 Å².